The lowest BCUT2D eigenvalue weighted by atomic mass is 10.0. The molecule has 0 unspecified atom stereocenters. The number of rotatable bonds is 3. The summed E-state index contributed by atoms with van der Waals surface area (Å²) in [6.07, 6.45) is 8.29. The molecular weight excluding hydrogens is 588 g/mol. The molecule has 5 N–H and O–H groups in total. The topological polar surface area (TPSA) is 171 Å². The predicted octanol–water partition coefficient (Wildman–Crippen LogP) is 1.47. The Morgan fingerprint density at radius 3 is 2.70 bits per heavy atom. The van der Waals surface area contributed by atoms with Crippen LogP contribution in [-0.2, 0) is 23.1 Å². The SMILES string of the molecule is Cn1ccn2ncc(C(=O)N3CCCCNC(=O)[C@H](Cc4c[nH]c5ccccc45)NC(=O)c4cccc(n4)NCCNC(=O)C3)c12. The van der Waals surface area contributed by atoms with Crippen molar-refractivity contribution in [3.8, 4) is 0 Å². The molecule has 4 amide bonds. The molecule has 0 spiro atoms. The van der Waals surface area contributed by atoms with E-state index in [0.29, 0.717) is 49.5 Å². The number of para-hydroxylation sites is 1. The molecule has 0 radical (unpaired) electrons. The number of fused-ring (bicyclic) bond motifs is 4. The first-order chi connectivity index (χ1) is 22.4. The highest BCUT2D eigenvalue weighted by molar-refractivity contribution is 6.01. The Hall–Kier alpha value is -5.66. The van der Waals surface area contributed by atoms with E-state index in [0.717, 1.165) is 16.5 Å². The molecular formula is C32H36N10O4. The number of hydrogen-bond donors (Lipinski definition) is 5. The Kier molecular flexibility index (Phi) is 8.94. The number of nitrogens with zero attached hydrogens (tertiary/aromatic N) is 5. The molecule has 0 saturated heterocycles. The van der Waals surface area contributed by atoms with Crippen LogP contribution < -0.4 is 21.3 Å². The second kappa shape index (κ2) is 13.5. The van der Waals surface area contributed by atoms with E-state index in [4.69, 9.17) is 0 Å². The molecule has 0 saturated carbocycles. The number of pyridine rings is 1. The lowest BCUT2D eigenvalue weighted by Crippen LogP contribution is -2.48. The predicted molar refractivity (Wildman–Crippen MR) is 171 cm³/mol. The van der Waals surface area contributed by atoms with Crippen LogP contribution in [0.1, 0.15) is 39.3 Å². The van der Waals surface area contributed by atoms with Crippen molar-refractivity contribution < 1.29 is 19.2 Å². The minimum absolute atomic E-state index is 0.133. The number of amides is 4. The molecule has 1 aliphatic rings. The van der Waals surface area contributed by atoms with Gasteiger partial charge in [-0.1, -0.05) is 24.3 Å². The van der Waals surface area contributed by atoms with Gasteiger partial charge in [-0.15, -0.1) is 0 Å². The molecule has 14 nitrogen and oxygen atoms in total. The summed E-state index contributed by atoms with van der Waals surface area (Å²) in [5.74, 6) is -0.969. The van der Waals surface area contributed by atoms with Gasteiger partial charge in [0, 0.05) is 69.1 Å². The van der Waals surface area contributed by atoms with Crippen molar-refractivity contribution in [1.82, 2.24) is 45.0 Å². The number of carbonyl (C=O) groups is 4. The van der Waals surface area contributed by atoms with Gasteiger partial charge in [-0.2, -0.15) is 5.10 Å². The van der Waals surface area contributed by atoms with Crippen LogP contribution in [0.5, 0.6) is 0 Å². The van der Waals surface area contributed by atoms with Crippen molar-refractivity contribution in [3.63, 3.8) is 0 Å². The molecule has 1 atom stereocenters. The highest BCUT2D eigenvalue weighted by Gasteiger charge is 2.25. The normalized spacial score (nSPS) is 17.4. The monoisotopic (exact) mass is 624 g/mol. The van der Waals surface area contributed by atoms with Gasteiger partial charge in [-0.25, -0.2) is 9.50 Å². The van der Waals surface area contributed by atoms with Crippen molar-refractivity contribution in [1.29, 1.82) is 0 Å². The van der Waals surface area contributed by atoms with E-state index >= 15 is 0 Å². The van der Waals surface area contributed by atoms with E-state index in [2.05, 4.69) is 36.3 Å². The van der Waals surface area contributed by atoms with Crippen LogP contribution in [0.15, 0.2) is 67.3 Å². The largest absolute Gasteiger partial charge is 0.368 e. The second-order valence-electron chi connectivity index (χ2n) is 11.2. The zero-order valence-corrected chi connectivity index (χ0v) is 25.5. The Morgan fingerprint density at radius 2 is 1.80 bits per heavy atom. The molecule has 4 aromatic heterocycles. The van der Waals surface area contributed by atoms with Gasteiger partial charge in [0.25, 0.3) is 11.8 Å². The summed E-state index contributed by atoms with van der Waals surface area (Å²) in [6.45, 7) is 1.11. The van der Waals surface area contributed by atoms with Gasteiger partial charge in [-0.3, -0.25) is 19.2 Å². The molecule has 238 valence electrons. The van der Waals surface area contributed by atoms with Gasteiger partial charge in [-0.05, 0) is 36.6 Å². The molecule has 0 aliphatic carbocycles. The molecule has 5 heterocycles. The maximum absolute atomic E-state index is 13.6. The third-order valence-electron chi connectivity index (χ3n) is 8.00. The Bertz CT molecular complexity index is 1890. The fraction of sp³-hybridized carbons (Fsp3) is 0.312. The van der Waals surface area contributed by atoms with Crippen molar-refractivity contribution in [3.05, 3.63) is 84.1 Å². The van der Waals surface area contributed by atoms with Crippen molar-refractivity contribution in [2.45, 2.75) is 25.3 Å². The standard InChI is InChI=1S/C32H36N10O4/c1-40-15-16-42-31(40)23(19-37-42)32(46)41-14-5-4-11-35-29(44)26(17-21-18-36-24-8-3-2-7-22(21)24)39-30(45)25-9-6-10-27(38-25)33-12-13-34-28(43)20-41/h2-3,6-10,15-16,18-19,26,36H,4-5,11-14,17,20H2,1H3,(H,33,38)(H,34,43)(H,35,44)(H,39,45)/t26-/m0/s1. The van der Waals surface area contributed by atoms with Crippen molar-refractivity contribution in [2.24, 2.45) is 7.05 Å². The molecule has 6 rings (SSSR count). The van der Waals surface area contributed by atoms with Crippen LogP contribution in [-0.4, -0.2) is 91.4 Å². The number of aromatic nitrogens is 5. The number of imidazole rings is 1. The Balaban J connectivity index is 1.21. The molecule has 2 bridgehead atoms. The second-order valence-corrected chi connectivity index (χ2v) is 11.2. The molecule has 14 heteroatoms. The summed E-state index contributed by atoms with van der Waals surface area (Å²) < 4.78 is 3.43. The van der Waals surface area contributed by atoms with Crippen LogP contribution in [0.2, 0.25) is 0 Å². The van der Waals surface area contributed by atoms with Gasteiger partial charge >= 0.3 is 0 Å². The number of anilines is 1. The molecule has 1 aliphatic heterocycles. The average Bonchev–Trinajstić information content (AvgIpc) is 3.78. The van der Waals surface area contributed by atoms with E-state index < -0.39 is 11.9 Å². The smallest absolute Gasteiger partial charge is 0.270 e. The van der Waals surface area contributed by atoms with E-state index in [9.17, 15) is 19.2 Å². The minimum atomic E-state index is -0.859. The van der Waals surface area contributed by atoms with E-state index in [-0.39, 0.29) is 42.9 Å². The summed E-state index contributed by atoms with van der Waals surface area (Å²) in [4.78, 5) is 62.5. The fourth-order valence-electron chi connectivity index (χ4n) is 5.63. The molecule has 5 aromatic rings. The highest BCUT2D eigenvalue weighted by Crippen LogP contribution is 2.20. The first-order valence-electron chi connectivity index (χ1n) is 15.3. The van der Waals surface area contributed by atoms with Crippen molar-refractivity contribution >= 4 is 46.0 Å². The zero-order chi connectivity index (χ0) is 32.0. The number of benzene rings is 1. The molecule has 1 aromatic carbocycles. The van der Waals surface area contributed by atoms with Gasteiger partial charge in [0.2, 0.25) is 11.8 Å². The van der Waals surface area contributed by atoms with Crippen LogP contribution in [0.25, 0.3) is 16.6 Å². The lowest BCUT2D eigenvalue weighted by Gasteiger charge is -2.22. The number of carbonyl (C=O) groups excluding carboxylic acids is 4. The maximum Gasteiger partial charge on any atom is 0.270 e. The summed E-state index contributed by atoms with van der Waals surface area (Å²) in [7, 11) is 1.83. The Labute approximate surface area is 264 Å². The highest BCUT2D eigenvalue weighted by atomic mass is 16.2. The van der Waals surface area contributed by atoms with Gasteiger partial charge < -0.3 is 35.7 Å². The summed E-state index contributed by atoms with van der Waals surface area (Å²) >= 11 is 0. The number of aromatic amines is 1. The third kappa shape index (κ3) is 6.70. The van der Waals surface area contributed by atoms with E-state index in [1.165, 1.54) is 11.1 Å². The van der Waals surface area contributed by atoms with E-state index in [1.54, 1.807) is 33.5 Å². The van der Waals surface area contributed by atoms with Gasteiger partial charge in [0.15, 0.2) is 0 Å². The number of hydrogen-bond acceptors (Lipinski definition) is 7. The fourth-order valence-corrected chi connectivity index (χ4v) is 5.63. The van der Waals surface area contributed by atoms with Crippen LogP contribution in [0.3, 0.4) is 0 Å². The molecule has 0 fully saturated rings. The molecule has 46 heavy (non-hydrogen) atoms. The van der Waals surface area contributed by atoms with E-state index in [1.807, 2.05) is 43.7 Å². The maximum atomic E-state index is 13.6. The first kappa shape index (κ1) is 30.4. The zero-order valence-electron chi connectivity index (χ0n) is 25.5. The van der Waals surface area contributed by atoms with Gasteiger partial charge in [0.05, 0.1) is 12.7 Å². The summed E-state index contributed by atoms with van der Waals surface area (Å²) in [5, 5.41) is 17.0. The van der Waals surface area contributed by atoms with Gasteiger partial charge in [0.1, 0.15) is 28.8 Å². The van der Waals surface area contributed by atoms with Crippen molar-refractivity contribution in [2.75, 3.05) is 38.0 Å². The number of aryl methyl sites for hydroxylation is 1. The summed E-state index contributed by atoms with van der Waals surface area (Å²) in [6, 6.07) is 11.9. The lowest BCUT2D eigenvalue weighted by molar-refractivity contribution is -0.123. The third-order valence-corrected chi connectivity index (χ3v) is 8.00. The quantitative estimate of drug-likeness (QED) is 0.202. The van der Waals surface area contributed by atoms with Crippen LogP contribution in [0.4, 0.5) is 5.82 Å². The summed E-state index contributed by atoms with van der Waals surface area (Å²) in [5.41, 5.74) is 3.03. The minimum Gasteiger partial charge on any atom is -0.368 e. The first-order valence-corrected chi connectivity index (χ1v) is 15.3. The number of nitrogens with one attached hydrogen (secondary N) is 5. The average molecular weight is 625 g/mol. The van der Waals surface area contributed by atoms with Crippen LogP contribution >= 0.6 is 0 Å². The Morgan fingerprint density at radius 1 is 0.957 bits per heavy atom. The number of H-pyrrole nitrogens is 1. The van der Waals surface area contributed by atoms with Crippen LogP contribution in [0, 0.1) is 0 Å².